The zero-order valence-electron chi connectivity index (χ0n) is 15.4. The van der Waals surface area contributed by atoms with Gasteiger partial charge in [-0.2, -0.15) is 0 Å². The molecule has 1 aromatic carbocycles. The first-order valence-electron chi connectivity index (χ1n) is 9.20. The number of likely N-dealkylation sites (N-methyl/N-ethyl adjacent to an activating group) is 1. The molecule has 1 aliphatic heterocycles. The number of rotatable bonds is 5. The molecular weight excluding hydrogens is 334 g/mol. The zero-order chi connectivity index (χ0) is 18.7. The predicted octanol–water partition coefficient (Wildman–Crippen LogP) is 1.84. The fourth-order valence-corrected chi connectivity index (χ4v) is 3.64. The fraction of sp³-hybridized carbons (Fsp3) is 0.579. The van der Waals surface area contributed by atoms with Gasteiger partial charge in [0.05, 0.1) is 19.6 Å². The summed E-state index contributed by atoms with van der Waals surface area (Å²) in [6, 6.07) is 6.30. The highest BCUT2D eigenvalue weighted by Crippen LogP contribution is 2.27. The monoisotopic (exact) mass is 361 g/mol. The number of hydrogen-bond donors (Lipinski definition) is 2. The Kier molecular flexibility index (Phi) is 5.66. The molecule has 0 bridgehead atoms. The lowest BCUT2D eigenvalue weighted by molar-refractivity contribution is -0.139. The highest BCUT2D eigenvalue weighted by Gasteiger charge is 2.35. The van der Waals surface area contributed by atoms with E-state index in [0.717, 1.165) is 29.7 Å². The molecule has 2 amide bonds. The van der Waals surface area contributed by atoms with Crippen LogP contribution >= 0.6 is 0 Å². The average Bonchev–Trinajstić information content (AvgIpc) is 2.77. The van der Waals surface area contributed by atoms with Crippen LogP contribution < -0.4 is 10.1 Å². The van der Waals surface area contributed by atoms with Crippen LogP contribution in [0.1, 0.15) is 30.9 Å². The molecule has 142 valence electrons. The van der Waals surface area contributed by atoms with E-state index in [1.807, 2.05) is 30.9 Å². The number of carbonyl (C=O) groups is 2. The Hall–Kier alpha value is -2.28. The van der Waals surface area contributed by atoms with Crippen LogP contribution in [-0.2, 0) is 11.3 Å². The lowest BCUT2D eigenvalue weighted by Crippen LogP contribution is -2.56. The summed E-state index contributed by atoms with van der Waals surface area (Å²) >= 11 is 0. The summed E-state index contributed by atoms with van der Waals surface area (Å²) in [4.78, 5) is 27.3. The second-order valence-electron chi connectivity index (χ2n) is 7.11. The molecule has 1 heterocycles. The van der Waals surface area contributed by atoms with E-state index in [9.17, 15) is 9.59 Å². The van der Waals surface area contributed by atoms with Crippen LogP contribution in [0.4, 0.5) is 4.79 Å². The number of hydrogen-bond acceptors (Lipinski definition) is 4. The van der Waals surface area contributed by atoms with Crippen molar-refractivity contribution >= 4 is 12.0 Å². The van der Waals surface area contributed by atoms with E-state index in [1.54, 1.807) is 4.90 Å². The standard InChI is InChI=1S/C19H27N3O4/c1-3-21(12-18(23)24)16-9-15(10-16)20-19(25)22-6-7-26-17-5-4-13(2)8-14(17)11-22/h4-5,8,15-16H,3,6-7,9-12H2,1-2H3,(H,20,25)(H,23,24). The maximum atomic E-state index is 12.6. The molecular formula is C19H27N3O4. The number of carboxylic acid groups (broad SMARTS) is 1. The molecule has 0 spiro atoms. The number of benzene rings is 1. The topological polar surface area (TPSA) is 82.1 Å². The summed E-state index contributed by atoms with van der Waals surface area (Å²) < 4.78 is 5.75. The number of aliphatic carboxylic acids is 1. The van der Waals surface area contributed by atoms with Crippen LogP contribution in [-0.4, -0.2) is 65.2 Å². The Morgan fingerprint density at radius 3 is 2.85 bits per heavy atom. The van der Waals surface area contributed by atoms with Crippen molar-refractivity contribution < 1.29 is 19.4 Å². The van der Waals surface area contributed by atoms with Crippen molar-refractivity contribution in [3.63, 3.8) is 0 Å². The summed E-state index contributed by atoms with van der Waals surface area (Å²) in [7, 11) is 0. The smallest absolute Gasteiger partial charge is 0.318 e. The number of fused-ring (bicyclic) bond motifs is 1. The van der Waals surface area contributed by atoms with Crippen LogP contribution in [0.5, 0.6) is 5.75 Å². The summed E-state index contributed by atoms with van der Waals surface area (Å²) in [6.07, 6.45) is 1.60. The van der Waals surface area contributed by atoms with Gasteiger partial charge in [-0.25, -0.2) is 4.79 Å². The minimum absolute atomic E-state index is 0.0570. The largest absolute Gasteiger partial charge is 0.491 e. The quantitative estimate of drug-likeness (QED) is 0.836. The molecule has 0 saturated heterocycles. The summed E-state index contributed by atoms with van der Waals surface area (Å²) in [6.45, 7) is 6.33. The average molecular weight is 361 g/mol. The Bertz CT molecular complexity index is 673. The second kappa shape index (κ2) is 7.95. The highest BCUT2D eigenvalue weighted by atomic mass is 16.5. The van der Waals surface area contributed by atoms with E-state index in [1.165, 1.54) is 0 Å². The fourth-order valence-electron chi connectivity index (χ4n) is 3.64. The molecule has 2 N–H and O–H groups in total. The first kappa shape index (κ1) is 18.5. The van der Waals surface area contributed by atoms with E-state index in [0.29, 0.717) is 26.2 Å². The normalized spacial score (nSPS) is 22.0. The van der Waals surface area contributed by atoms with Gasteiger partial charge in [-0.15, -0.1) is 0 Å². The van der Waals surface area contributed by atoms with Gasteiger partial charge in [0, 0.05) is 17.6 Å². The number of nitrogens with zero attached hydrogens (tertiary/aromatic N) is 2. The van der Waals surface area contributed by atoms with Gasteiger partial charge < -0.3 is 20.1 Å². The van der Waals surface area contributed by atoms with Gasteiger partial charge in [-0.05, 0) is 32.4 Å². The van der Waals surface area contributed by atoms with Crippen molar-refractivity contribution in [1.29, 1.82) is 0 Å². The van der Waals surface area contributed by atoms with Crippen LogP contribution in [0, 0.1) is 6.92 Å². The SMILES string of the molecule is CCN(CC(=O)O)C1CC(NC(=O)N2CCOc3ccc(C)cc3C2)C1. The van der Waals surface area contributed by atoms with Crippen molar-refractivity contribution in [2.75, 3.05) is 26.2 Å². The molecule has 26 heavy (non-hydrogen) atoms. The maximum absolute atomic E-state index is 12.6. The van der Waals surface area contributed by atoms with Crippen molar-refractivity contribution in [2.45, 2.75) is 45.3 Å². The molecule has 0 unspecified atom stereocenters. The molecule has 0 atom stereocenters. The van der Waals surface area contributed by atoms with Gasteiger partial charge in [0.2, 0.25) is 0 Å². The molecule has 1 aliphatic carbocycles. The predicted molar refractivity (Wildman–Crippen MR) is 97.3 cm³/mol. The first-order valence-corrected chi connectivity index (χ1v) is 9.20. The van der Waals surface area contributed by atoms with Crippen molar-refractivity contribution in [1.82, 2.24) is 15.1 Å². The number of ether oxygens (including phenoxy) is 1. The Labute approximate surface area is 153 Å². The minimum atomic E-state index is -0.808. The molecule has 0 radical (unpaired) electrons. The van der Waals surface area contributed by atoms with Gasteiger partial charge in [0.1, 0.15) is 12.4 Å². The van der Waals surface area contributed by atoms with E-state index in [-0.39, 0.29) is 24.7 Å². The third kappa shape index (κ3) is 4.27. The third-order valence-corrected chi connectivity index (χ3v) is 5.18. The van der Waals surface area contributed by atoms with Gasteiger partial charge >= 0.3 is 12.0 Å². The lowest BCUT2D eigenvalue weighted by atomic mass is 9.85. The second-order valence-corrected chi connectivity index (χ2v) is 7.11. The first-order chi connectivity index (χ1) is 12.5. The van der Waals surface area contributed by atoms with Gasteiger partial charge in [0.25, 0.3) is 0 Å². The van der Waals surface area contributed by atoms with Crippen molar-refractivity contribution in [2.24, 2.45) is 0 Å². The molecule has 0 aromatic heterocycles. The van der Waals surface area contributed by atoms with Gasteiger partial charge in [-0.3, -0.25) is 9.69 Å². The van der Waals surface area contributed by atoms with Gasteiger partial charge in [-0.1, -0.05) is 24.6 Å². The number of urea groups is 1. The number of carbonyl (C=O) groups excluding carboxylic acids is 1. The molecule has 1 aromatic rings. The Morgan fingerprint density at radius 2 is 2.15 bits per heavy atom. The molecule has 7 heteroatoms. The van der Waals surface area contributed by atoms with Crippen molar-refractivity contribution in [3.05, 3.63) is 29.3 Å². The van der Waals surface area contributed by atoms with E-state index in [4.69, 9.17) is 9.84 Å². The van der Waals surface area contributed by atoms with E-state index < -0.39 is 5.97 Å². The van der Waals surface area contributed by atoms with E-state index in [2.05, 4.69) is 11.4 Å². The van der Waals surface area contributed by atoms with Crippen LogP contribution in [0.15, 0.2) is 18.2 Å². The number of nitrogens with one attached hydrogen (secondary N) is 1. The Morgan fingerprint density at radius 1 is 1.38 bits per heavy atom. The maximum Gasteiger partial charge on any atom is 0.318 e. The lowest BCUT2D eigenvalue weighted by Gasteiger charge is -2.42. The highest BCUT2D eigenvalue weighted by molar-refractivity contribution is 5.75. The van der Waals surface area contributed by atoms with Gasteiger partial charge in [0.15, 0.2) is 0 Å². The van der Waals surface area contributed by atoms with Crippen LogP contribution in [0.3, 0.4) is 0 Å². The summed E-state index contributed by atoms with van der Waals surface area (Å²) in [5, 5.41) is 12.0. The van der Waals surface area contributed by atoms with Crippen LogP contribution in [0.2, 0.25) is 0 Å². The molecule has 1 fully saturated rings. The summed E-state index contributed by atoms with van der Waals surface area (Å²) in [5.74, 6) is 0.0414. The molecule has 3 rings (SSSR count). The Balaban J connectivity index is 1.52. The van der Waals surface area contributed by atoms with Crippen LogP contribution in [0.25, 0.3) is 0 Å². The third-order valence-electron chi connectivity index (χ3n) is 5.18. The molecule has 2 aliphatic rings. The number of carboxylic acids is 1. The molecule has 1 saturated carbocycles. The molecule has 7 nitrogen and oxygen atoms in total. The number of aryl methyl sites for hydroxylation is 1. The van der Waals surface area contributed by atoms with Crippen molar-refractivity contribution in [3.8, 4) is 5.75 Å². The summed E-state index contributed by atoms with van der Waals surface area (Å²) in [5.41, 5.74) is 2.18. The number of amides is 2. The minimum Gasteiger partial charge on any atom is -0.491 e. The van der Waals surface area contributed by atoms with E-state index >= 15 is 0 Å². The zero-order valence-corrected chi connectivity index (χ0v) is 15.4.